The molecule has 2 aromatic rings. The summed E-state index contributed by atoms with van der Waals surface area (Å²) >= 11 is 0. The van der Waals surface area contributed by atoms with Gasteiger partial charge in [0.2, 0.25) is 0 Å². The molecule has 2 aromatic carbocycles. The molecule has 0 bridgehead atoms. The number of phenolic OH excluding ortho intramolecular Hbond substituents is 1. The van der Waals surface area contributed by atoms with Crippen LogP contribution in [0.4, 0.5) is 5.69 Å². The first-order valence-electron chi connectivity index (χ1n) is 5.21. The molecule has 0 atom stereocenters. The maximum absolute atomic E-state index is 11.4. The summed E-state index contributed by atoms with van der Waals surface area (Å²) in [5, 5.41) is 10.5. The molecule has 2 N–H and O–H groups in total. The van der Waals surface area contributed by atoms with E-state index in [1.165, 1.54) is 24.3 Å². The van der Waals surface area contributed by atoms with Crippen molar-refractivity contribution >= 4 is 26.6 Å². The number of fused-ring (bicyclic) bond motifs is 1. The molecule has 0 fully saturated rings. The monoisotopic (exact) mass is 267 g/mol. The lowest BCUT2D eigenvalue weighted by Gasteiger charge is -2.15. The highest BCUT2D eigenvalue weighted by Gasteiger charge is 2.17. The van der Waals surface area contributed by atoms with Gasteiger partial charge in [0, 0.05) is 30.6 Å². The summed E-state index contributed by atoms with van der Waals surface area (Å²) in [6.07, 6.45) is 0. The minimum Gasteiger partial charge on any atom is -0.507 e. The zero-order valence-corrected chi connectivity index (χ0v) is 10.8. The smallest absolute Gasteiger partial charge is 0.295 e. The molecule has 0 radical (unpaired) electrons. The van der Waals surface area contributed by atoms with Gasteiger partial charge < -0.3 is 10.0 Å². The number of benzene rings is 2. The second kappa shape index (κ2) is 4.15. The van der Waals surface area contributed by atoms with Crippen LogP contribution >= 0.6 is 0 Å². The van der Waals surface area contributed by atoms with Crippen molar-refractivity contribution in [3.63, 3.8) is 0 Å². The third kappa shape index (κ3) is 2.12. The first kappa shape index (κ1) is 12.7. The van der Waals surface area contributed by atoms with Crippen LogP contribution in [0.1, 0.15) is 0 Å². The van der Waals surface area contributed by atoms with Crippen LogP contribution < -0.4 is 4.90 Å². The third-order valence-corrected chi connectivity index (χ3v) is 3.61. The predicted molar refractivity (Wildman–Crippen MR) is 69.8 cm³/mol. The summed E-state index contributed by atoms with van der Waals surface area (Å²) in [6, 6.07) is 7.57. The largest absolute Gasteiger partial charge is 0.507 e. The predicted octanol–water partition coefficient (Wildman–Crippen LogP) is 1.86. The number of anilines is 1. The van der Waals surface area contributed by atoms with Gasteiger partial charge in [-0.25, -0.2) is 0 Å². The Morgan fingerprint density at radius 1 is 1.11 bits per heavy atom. The highest BCUT2D eigenvalue weighted by atomic mass is 32.2. The van der Waals surface area contributed by atoms with Crippen LogP contribution in [-0.2, 0) is 10.1 Å². The van der Waals surface area contributed by atoms with E-state index in [0.29, 0.717) is 16.5 Å². The Labute approximate surface area is 105 Å². The molecule has 0 spiro atoms. The fourth-order valence-corrected chi connectivity index (χ4v) is 2.52. The molecule has 0 heterocycles. The van der Waals surface area contributed by atoms with Crippen molar-refractivity contribution in [1.29, 1.82) is 0 Å². The van der Waals surface area contributed by atoms with Crippen LogP contribution in [0.5, 0.6) is 5.75 Å². The number of hydrogen-bond acceptors (Lipinski definition) is 4. The van der Waals surface area contributed by atoms with Gasteiger partial charge in [0.15, 0.2) is 0 Å². The summed E-state index contributed by atoms with van der Waals surface area (Å²) in [6.45, 7) is 0. The topological polar surface area (TPSA) is 77.8 Å². The Bertz CT molecular complexity index is 707. The molecular weight excluding hydrogens is 254 g/mol. The molecule has 0 amide bonds. The number of rotatable bonds is 2. The van der Waals surface area contributed by atoms with Gasteiger partial charge in [0.25, 0.3) is 10.1 Å². The molecule has 2 rings (SSSR count). The Morgan fingerprint density at radius 3 is 2.33 bits per heavy atom. The summed E-state index contributed by atoms with van der Waals surface area (Å²) < 4.78 is 32.0. The van der Waals surface area contributed by atoms with Crippen LogP contribution in [0.3, 0.4) is 0 Å². The van der Waals surface area contributed by atoms with Gasteiger partial charge in [-0.1, -0.05) is 12.1 Å². The third-order valence-electron chi connectivity index (χ3n) is 2.71. The molecule has 0 aliphatic heterocycles. The molecule has 0 unspecified atom stereocenters. The average Bonchev–Trinajstić information content (AvgIpc) is 2.27. The average molecular weight is 267 g/mol. The lowest BCUT2D eigenvalue weighted by atomic mass is 10.1. The van der Waals surface area contributed by atoms with Crippen molar-refractivity contribution in [2.45, 2.75) is 4.90 Å². The first-order valence-corrected chi connectivity index (χ1v) is 6.65. The Kier molecular flexibility index (Phi) is 2.92. The molecule has 5 nitrogen and oxygen atoms in total. The van der Waals surface area contributed by atoms with E-state index in [1.807, 2.05) is 0 Å². The quantitative estimate of drug-likeness (QED) is 0.812. The number of hydrogen-bond donors (Lipinski definition) is 2. The zero-order chi connectivity index (χ0) is 13.5. The SMILES string of the molecule is CN(C)c1cc(S(=O)(=O)O)c2cccc(O)c2c1. The highest BCUT2D eigenvalue weighted by molar-refractivity contribution is 7.86. The molecule has 0 aliphatic rings. The number of aromatic hydroxyl groups is 1. The summed E-state index contributed by atoms with van der Waals surface area (Å²) in [5.41, 5.74) is 0.580. The fraction of sp³-hybridized carbons (Fsp3) is 0.167. The van der Waals surface area contributed by atoms with Crippen LogP contribution in [0.15, 0.2) is 35.2 Å². The molecule has 96 valence electrons. The van der Waals surface area contributed by atoms with E-state index >= 15 is 0 Å². The van der Waals surface area contributed by atoms with E-state index < -0.39 is 10.1 Å². The first-order chi connectivity index (χ1) is 8.30. The van der Waals surface area contributed by atoms with Gasteiger partial charge in [-0.2, -0.15) is 8.42 Å². The minimum atomic E-state index is -4.34. The van der Waals surface area contributed by atoms with Crippen LogP contribution in [0, 0.1) is 0 Å². The van der Waals surface area contributed by atoms with E-state index in [0.717, 1.165) is 0 Å². The van der Waals surface area contributed by atoms with E-state index in [1.54, 1.807) is 25.1 Å². The summed E-state index contributed by atoms with van der Waals surface area (Å²) in [7, 11) is -0.850. The molecule has 0 aliphatic carbocycles. The Hall–Kier alpha value is -1.79. The minimum absolute atomic E-state index is 0.0268. The lowest BCUT2D eigenvalue weighted by molar-refractivity contribution is 0.481. The van der Waals surface area contributed by atoms with Crippen molar-refractivity contribution in [2.24, 2.45) is 0 Å². The number of nitrogens with zero attached hydrogens (tertiary/aromatic N) is 1. The fourth-order valence-electron chi connectivity index (χ4n) is 1.79. The van der Waals surface area contributed by atoms with E-state index in [4.69, 9.17) is 0 Å². The molecule has 18 heavy (non-hydrogen) atoms. The zero-order valence-electron chi connectivity index (χ0n) is 9.95. The van der Waals surface area contributed by atoms with Gasteiger partial charge in [0.05, 0.1) is 0 Å². The van der Waals surface area contributed by atoms with E-state index in [9.17, 15) is 18.1 Å². The van der Waals surface area contributed by atoms with Crippen molar-refractivity contribution < 1.29 is 18.1 Å². The van der Waals surface area contributed by atoms with E-state index in [2.05, 4.69) is 0 Å². The van der Waals surface area contributed by atoms with Crippen molar-refractivity contribution in [3.05, 3.63) is 30.3 Å². The number of phenols is 1. The van der Waals surface area contributed by atoms with Gasteiger partial charge in [-0.15, -0.1) is 0 Å². The van der Waals surface area contributed by atoms with Gasteiger partial charge in [-0.3, -0.25) is 4.55 Å². The summed E-state index contributed by atoms with van der Waals surface area (Å²) in [5.74, 6) is -0.0268. The van der Waals surface area contributed by atoms with Crippen LogP contribution in [0.25, 0.3) is 10.8 Å². The molecule has 0 saturated carbocycles. The van der Waals surface area contributed by atoms with Gasteiger partial charge in [0.1, 0.15) is 10.6 Å². The van der Waals surface area contributed by atoms with Crippen LogP contribution in [-0.4, -0.2) is 32.2 Å². The van der Waals surface area contributed by atoms with Gasteiger partial charge in [-0.05, 0) is 18.2 Å². The normalized spacial score (nSPS) is 11.7. The Balaban J connectivity index is 2.95. The lowest BCUT2D eigenvalue weighted by Crippen LogP contribution is -2.10. The standard InChI is InChI=1S/C12H13NO4S/c1-13(2)8-6-10-9(4-3-5-11(10)14)12(7-8)18(15,16)17/h3-7,14H,1-2H3,(H,15,16,17). The van der Waals surface area contributed by atoms with Gasteiger partial charge >= 0.3 is 0 Å². The van der Waals surface area contributed by atoms with Crippen LogP contribution in [0.2, 0.25) is 0 Å². The molecular formula is C12H13NO4S. The molecule has 6 heteroatoms. The second-order valence-corrected chi connectivity index (χ2v) is 5.58. The molecule has 0 saturated heterocycles. The maximum Gasteiger partial charge on any atom is 0.295 e. The van der Waals surface area contributed by atoms with E-state index in [-0.39, 0.29) is 10.6 Å². The second-order valence-electron chi connectivity index (χ2n) is 4.19. The van der Waals surface area contributed by atoms with Crippen molar-refractivity contribution in [3.8, 4) is 5.75 Å². The Morgan fingerprint density at radius 2 is 1.78 bits per heavy atom. The summed E-state index contributed by atoms with van der Waals surface area (Å²) in [4.78, 5) is 1.49. The van der Waals surface area contributed by atoms with Crippen molar-refractivity contribution in [1.82, 2.24) is 0 Å². The highest BCUT2D eigenvalue weighted by Crippen LogP contribution is 2.33. The van der Waals surface area contributed by atoms with Crippen molar-refractivity contribution in [2.75, 3.05) is 19.0 Å². The maximum atomic E-state index is 11.4. The molecule has 0 aromatic heterocycles.